The van der Waals surface area contributed by atoms with Crippen LogP contribution >= 0.6 is 0 Å². The standard InChI is InChI=1S/C14H22FNO3S/c1-4-5-6-7-11(2)16-20(17,18)12-8-9-14(19-3)13(15)10-12/h8-11,16H,4-7H2,1-3H3/t11-/m1/s1. The molecule has 0 unspecified atom stereocenters. The van der Waals surface area contributed by atoms with E-state index in [1.165, 1.54) is 19.2 Å². The van der Waals surface area contributed by atoms with Gasteiger partial charge in [0.1, 0.15) is 0 Å². The molecule has 0 aliphatic carbocycles. The van der Waals surface area contributed by atoms with E-state index < -0.39 is 15.8 Å². The number of ether oxygens (including phenoxy) is 1. The molecule has 0 radical (unpaired) electrons. The number of hydrogen-bond donors (Lipinski definition) is 1. The first-order chi connectivity index (χ1) is 9.40. The second-order valence-electron chi connectivity index (χ2n) is 4.81. The van der Waals surface area contributed by atoms with E-state index >= 15 is 0 Å². The van der Waals surface area contributed by atoms with E-state index in [2.05, 4.69) is 11.6 Å². The molecule has 0 fully saturated rings. The van der Waals surface area contributed by atoms with Crippen molar-refractivity contribution in [1.82, 2.24) is 4.72 Å². The van der Waals surface area contributed by atoms with Crippen molar-refractivity contribution < 1.29 is 17.5 Å². The van der Waals surface area contributed by atoms with E-state index in [0.29, 0.717) is 0 Å². The fourth-order valence-corrected chi connectivity index (χ4v) is 3.20. The number of hydrogen-bond acceptors (Lipinski definition) is 3. The smallest absolute Gasteiger partial charge is 0.240 e. The lowest BCUT2D eigenvalue weighted by Gasteiger charge is -2.14. The molecule has 6 heteroatoms. The lowest BCUT2D eigenvalue weighted by atomic mass is 10.1. The Morgan fingerprint density at radius 2 is 2.05 bits per heavy atom. The van der Waals surface area contributed by atoms with Crippen molar-refractivity contribution in [2.24, 2.45) is 0 Å². The molecule has 114 valence electrons. The summed E-state index contributed by atoms with van der Waals surface area (Å²) in [6.45, 7) is 3.90. The molecule has 1 aromatic carbocycles. The van der Waals surface area contributed by atoms with Crippen LogP contribution in [-0.2, 0) is 10.0 Å². The SMILES string of the molecule is CCCCC[C@@H](C)NS(=O)(=O)c1ccc(OC)c(F)c1. The Morgan fingerprint density at radius 1 is 1.35 bits per heavy atom. The van der Waals surface area contributed by atoms with Crippen LogP contribution in [0.2, 0.25) is 0 Å². The highest BCUT2D eigenvalue weighted by Crippen LogP contribution is 2.21. The van der Waals surface area contributed by atoms with Crippen molar-refractivity contribution in [1.29, 1.82) is 0 Å². The zero-order chi connectivity index (χ0) is 15.2. The maximum absolute atomic E-state index is 13.5. The molecule has 0 aromatic heterocycles. The molecule has 20 heavy (non-hydrogen) atoms. The summed E-state index contributed by atoms with van der Waals surface area (Å²) in [6.07, 6.45) is 3.90. The minimum atomic E-state index is -3.69. The maximum atomic E-state index is 13.5. The molecular formula is C14H22FNO3S. The number of nitrogens with one attached hydrogen (secondary N) is 1. The predicted octanol–water partition coefficient (Wildman–Crippen LogP) is 3.08. The predicted molar refractivity (Wildman–Crippen MR) is 76.9 cm³/mol. The molecule has 0 aliphatic rings. The minimum absolute atomic E-state index is 0.0277. The van der Waals surface area contributed by atoms with E-state index in [9.17, 15) is 12.8 Å². The van der Waals surface area contributed by atoms with Crippen LogP contribution in [0.1, 0.15) is 39.5 Å². The van der Waals surface area contributed by atoms with Crippen LogP contribution in [-0.4, -0.2) is 21.6 Å². The zero-order valence-corrected chi connectivity index (χ0v) is 13.0. The number of halogens is 1. The Morgan fingerprint density at radius 3 is 2.60 bits per heavy atom. The molecule has 0 amide bonds. The van der Waals surface area contributed by atoms with Gasteiger partial charge in [-0.1, -0.05) is 26.2 Å². The second-order valence-corrected chi connectivity index (χ2v) is 6.53. The number of rotatable bonds is 8. The third kappa shape index (κ3) is 4.76. The summed E-state index contributed by atoms with van der Waals surface area (Å²) in [5.74, 6) is -0.658. The normalized spacial score (nSPS) is 13.2. The highest BCUT2D eigenvalue weighted by atomic mass is 32.2. The molecular weight excluding hydrogens is 281 g/mol. The minimum Gasteiger partial charge on any atom is -0.494 e. The van der Waals surface area contributed by atoms with E-state index in [-0.39, 0.29) is 16.7 Å². The zero-order valence-electron chi connectivity index (χ0n) is 12.1. The van der Waals surface area contributed by atoms with E-state index in [4.69, 9.17) is 4.74 Å². The van der Waals surface area contributed by atoms with Gasteiger partial charge >= 0.3 is 0 Å². The highest BCUT2D eigenvalue weighted by molar-refractivity contribution is 7.89. The Hall–Kier alpha value is -1.14. The summed E-state index contributed by atoms with van der Waals surface area (Å²) in [7, 11) is -2.36. The summed E-state index contributed by atoms with van der Waals surface area (Å²) in [5, 5.41) is 0. The van der Waals surface area contributed by atoms with Crippen molar-refractivity contribution in [3.05, 3.63) is 24.0 Å². The summed E-state index contributed by atoms with van der Waals surface area (Å²) in [4.78, 5) is -0.0851. The number of benzene rings is 1. The Bertz CT molecular complexity index is 531. The molecule has 0 heterocycles. The average molecular weight is 303 g/mol. The largest absolute Gasteiger partial charge is 0.494 e. The van der Waals surface area contributed by atoms with Gasteiger partial charge in [-0.05, 0) is 31.5 Å². The molecule has 4 nitrogen and oxygen atoms in total. The van der Waals surface area contributed by atoms with Gasteiger partial charge in [0.05, 0.1) is 12.0 Å². The van der Waals surface area contributed by atoms with Crippen molar-refractivity contribution in [3.8, 4) is 5.75 Å². The van der Waals surface area contributed by atoms with Gasteiger partial charge in [0.25, 0.3) is 0 Å². The van der Waals surface area contributed by atoms with Crippen LogP contribution in [0, 0.1) is 5.82 Å². The van der Waals surface area contributed by atoms with Gasteiger partial charge < -0.3 is 4.74 Å². The molecule has 1 atom stereocenters. The van der Waals surface area contributed by atoms with Crippen LogP contribution in [0.15, 0.2) is 23.1 Å². The lowest BCUT2D eigenvalue weighted by Crippen LogP contribution is -2.32. The van der Waals surface area contributed by atoms with E-state index in [0.717, 1.165) is 31.7 Å². The fourth-order valence-electron chi connectivity index (χ4n) is 1.91. The third-order valence-corrected chi connectivity index (χ3v) is 4.62. The molecule has 0 saturated heterocycles. The van der Waals surface area contributed by atoms with Gasteiger partial charge in [-0.25, -0.2) is 17.5 Å². The third-order valence-electron chi connectivity index (χ3n) is 3.03. The Balaban J connectivity index is 2.75. The Kier molecular flexibility index (Phi) is 6.42. The van der Waals surface area contributed by atoms with Crippen LogP contribution in [0.4, 0.5) is 4.39 Å². The quantitative estimate of drug-likeness (QED) is 0.751. The molecule has 1 rings (SSSR count). The van der Waals surface area contributed by atoms with Gasteiger partial charge in [-0.3, -0.25) is 0 Å². The second kappa shape index (κ2) is 7.59. The van der Waals surface area contributed by atoms with Crippen molar-refractivity contribution >= 4 is 10.0 Å². The topological polar surface area (TPSA) is 55.4 Å². The van der Waals surface area contributed by atoms with Gasteiger partial charge in [-0.2, -0.15) is 0 Å². The fraction of sp³-hybridized carbons (Fsp3) is 0.571. The molecule has 0 saturated carbocycles. The summed E-state index contributed by atoms with van der Waals surface area (Å²) in [6, 6.07) is 3.45. The number of methoxy groups -OCH3 is 1. The number of unbranched alkanes of at least 4 members (excludes halogenated alkanes) is 2. The molecule has 0 spiro atoms. The summed E-state index contributed by atoms with van der Waals surface area (Å²) >= 11 is 0. The van der Waals surface area contributed by atoms with Crippen LogP contribution < -0.4 is 9.46 Å². The molecule has 1 aromatic rings. The monoisotopic (exact) mass is 303 g/mol. The number of sulfonamides is 1. The highest BCUT2D eigenvalue weighted by Gasteiger charge is 2.19. The molecule has 1 N–H and O–H groups in total. The van der Waals surface area contributed by atoms with Crippen LogP contribution in [0.5, 0.6) is 5.75 Å². The maximum Gasteiger partial charge on any atom is 0.240 e. The summed E-state index contributed by atoms with van der Waals surface area (Å²) < 4.78 is 45.1. The Labute approximate surface area is 120 Å². The van der Waals surface area contributed by atoms with Crippen LogP contribution in [0.3, 0.4) is 0 Å². The van der Waals surface area contributed by atoms with E-state index in [1.807, 2.05) is 6.92 Å². The van der Waals surface area contributed by atoms with Gasteiger partial charge in [0.2, 0.25) is 10.0 Å². The first kappa shape index (κ1) is 16.9. The van der Waals surface area contributed by atoms with E-state index in [1.54, 1.807) is 0 Å². The van der Waals surface area contributed by atoms with Crippen molar-refractivity contribution in [2.75, 3.05) is 7.11 Å². The van der Waals surface area contributed by atoms with Crippen molar-refractivity contribution in [3.63, 3.8) is 0 Å². The molecule has 0 aliphatic heterocycles. The first-order valence-electron chi connectivity index (χ1n) is 6.76. The molecule has 0 bridgehead atoms. The van der Waals surface area contributed by atoms with Crippen LogP contribution in [0.25, 0.3) is 0 Å². The van der Waals surface area contributed by atoms with Gasteiger partial charge in [-0.15, -0.1) is 0 Å². The van der Waals surface area contributed by atoms with Crippen molar-refractivity contribution in [2.45, 2.75) is 50.5 Å². The van der Waals surface area contributed by atoms with Gasteiger partial charge in [0, 0.05) is 6.04 Å². The average Bonchev–Trinajstić information content (AvgIpc) is 2.38. The first-order valence-corrected chi connectivity index (χ1v) is 8.25. The summed E-state index contributed by atoms with van der Waals surface area (Å²) in [5.41, 5.74) is 0. The van der Waals surface area contributed by atoms with Gasteiger partial charge in [0.15, 0.2) is 11.6 Å². The lowest BCUT2D eigenvalue weighted by molar-refractivity contribution is 0.385.